The number of thiophene rings is 1. The molecule has 0 unspecified atom stereocenters. The SMILES string of the molecule is Nc1nc(SCc2ccsc2)n[nH]1. The molecule has 2 aromatic rings. The van der Waals surface area contributed by atoms with Crippen molar-refractivity contribution in [3.05, 3.63) is 22.4 Å². The summed E-state index contributed by atoms with van der Waals surface area (Å²) in [5.41, 5.74) is 6.68. The second kappa shape index (κ2) is 3.80. The second-order valence-electron chi connectivity index (χ2n) is 2.42. The number of thioether (sulfide) groups is 1. The van der Waals surface area contributed by atoms with Gasteiger partial charge >= 0.3 is 0 Å². The number of aromatic nitrogens is 3. The predicted molar refractivity (Wildman–Crippen MR) is 54.7 cm³/mol. The smallest absolute Gasteiger partial charge is 0.216 e. The van der Waals surface area contributed by atoms with Gasteiger partial charge < -0.3 is 5.73 Å². The van der Waals surface area contributed by atoms with Crippen LogP contribution in [0.2, 0.25) is 0 Å². The summed E-state index contributed by atoms with van der Waals surface area (Å²) < 4.78 is 0. The first-order valence-electron chi connectivity index (χ1n) is 3.66. The Kier molecular flexibility index (Phi) is 2.51. The zero-order valence-electron chi connectivity index (χ0n) is 6.73. The molecule has 0 bridgehead atoms. The molecule has 0 aliphatic rings. The van der Waals surface area contributed by atoms with Crippen molar-refractivity contribution in [1.29, 1.82) is 0 Å². The molecule has 2 rings (SSSR count). The minimum Gasteiger partial charge on any atom is -0.368 e. The minimum atomic E-state index is 0.368. The van der Waals surface area contributed by atoms with Crippen LogP contribution in [0.5, 0.6) is 0 Å². The Labute approximate surface area is 83.6 Å². The van der Waals surface area contributed by atoms with Crippen LogP contribution in [0, 0.1) is 0 Å². The maximum absolute atomic E-state index is 5.39. The van der Waals surface area contributed by atoms with Gasteiger partial charge in [-0.2, -0.15) is 16.3 Å². The average molecular weight is 212 g/mol. The quantitative estimate of drug-likeness (QED) is 0.760. The van der Waals surface area contributed by atoms with Crippen molar-refractivity contribution >= 4 is 29.0 Å². The third-order valence-electron chi connectivity index (χ3n) is 1.43. The van der Waals surface area contributed by atoms with Crippen LogP contribution in [0.4, 0.5) is 5.95 Å². The summed E-state index contributed by atoms with van der Waals surface area (Å²) in [5, 5.41) is 11.4. The molecule has 2 heterocycles. The number of nitrogens with two attached hydrogens (primary N) is 1. The van der Waals surface area contributed by atoms with Gasteiger partial charge in [-0.25, -0.2) is 5.10 Å². The van der Waals surface area contributed by atoms with Crippen LogP contribution in [0.15, 0.2) is 22.0 Å². The molecule has 3 N–H and O–H groups in total. The lowest BCUT2D eigenvalue weighted by molar-refractivity contribution is 0.973. The van der Waals surface area contributed by atoms with Gasteiger partial charge in [0.05, 0.1) is 0 Å². The number of nitrogens with one attached hydrogen (secondary N) is 1. The van der Waals surface area contributed by atoms with E-state index in [0.717, 1.165) is 5.75 Å². The van der Waals surface area contributed by atoms with E-state index in [9.17, 15) is 0 Å². The fourth-order valence-corrected chi connectivity index (χ4v) is 2.37. The molecule has 4 nitrogen and oxygen atoms in total. The molecule has 0 saturated heterocycles. The van der Waals surface area contributed by atoms with Gasteiger partial charge in [0.25, 0.3) is 0 Å². The van der Waals surface area contributed by atoms with Gasteiger partial charge in [-0.15, -0.1) is 5.10 Å². The molecule has 2 aromatic heterocycles. The lowest BCUT2D eigenvalue weighted by atomic mass is 10.4. The Morgan fingerprint density at radius 2 is 2.54 bits per heavy atom. The van der Waals surface area contributed by atoms with Crippen molar-refractivity contribution in [1.82, 2.24) is 15.2 Å². The molecule has 68 valence electrons. The predicted octanol–water partition coefficient (Wildman–Crippen LogP) is 1.74. The van der Waals surface area contributed by atoms with E-state index in [1.165, 1.54) is 5.56 Å². The number of rotatable bonds is 3. The normalized spacial score (nSPS) is 10.5. The fourth-order valence-electron chi connectivity index (χ4n) is 0.845. The first-order valence-corrected chi connectivity index (χ1v) is 5.59. The molecule has 0 aliphatic heterocycles. The zero-order chi connectivity index (χ0) is 9.10. The highest BCUT2D eigenvalue weighted by Gasteiger charge is 2.01. The van der Waals surface area contributed by atoms with E-state index in [-0.39, 0.29) is 0 Å². The molecule has 0 atom stereocenters. The van der Waals surface area contributed by atoms with Crippen molar-refractivity contribution in [3.8, 4) is 0 Å². The molecule has 0 aliphatic carbocycles. The number of hydrogen-bond acceptors (Lipinski definition) is 5. The van der Waals surface area contributed by atoms with Gasteiger partial charge in [-0.05, 0) is 22.4 Å². The maximum atomic E-state index is 5.39. The van der Waals surface area contributed by atoms with Gasteiger partial charge in [-0.1, -0.05) is 11.8 Å². The Balaban J connectivity index is 1.93. The first kappa shape index (κ1) is 8.58. The number of aromatic amines is 1. The molecule has 13 heavy (non-hydrogen) atoms. The van der Waals surface area contributed by atoms with Crippen molar-refractivity contribution in [3.63, 3.8) is 0 Å². The van der Waals surface area contributed by atoms with Crippen LogP contribution in [0.25, 0.3) is 0 Å². The van der Waals surface area contributed by atoms with Crippen molar-refractivity contribution < 1.29 is 0 Å². The zero-order valence-corrected chi connectivity index (χ0v) is 8.36. The van der Waals surface area contributed by atoms with E-state index in [4.69, 9.17) is 5.73 Å². The Hall–Kier alpha value is -1.01. The van der Waals surface area contributed by atoms with Gasteiger partial charge in [0.15, 0.2) is 0 Å². The summed E-state index contributed by atoms with van der Waals surface area (Å²) in [6.07, 6.45) is 0. The van der Waals surface area contributed by atoms with Crippen LogP contribution in [-0.4, -0.2) is 15.2 Å². The Bertz CT molecular complexity index is 368. The summed E-state index contributed by atoms with van der Waals surface area (Å²) >= 11 is 3.27. The second-order valence-corrected chi connectivity index (χ2v) is 4.15. The van der Waals surface area contributed by atoms with E-state index in [1.54, 1.807) is 23.1 Å². The molecule has 6 heteroatoms. The van der Waals surface area contributed by atoms with Crippen molar-refractivity contribution in [2.45, 2.75) is 10.9 Å². The summed E-state index contributed by atoms with van der Waals surface area (Å²) in [6.45, 7) is 0. The summed E-state index contributed by atoms with van der Waals surface area (Å²) in [4.78, 5) is 3.99. The molecular formula is C7H8N4S2. The van der Waals surface area contributed by atoms with Crippen LogP contribution < -0.4 is 5.73 Å². The highest BCUT2D eigenvalue weighted by Crippen LogP contribution is 2.20. The lowest BCUT2D eigenvalue weighted by Crippen LogP contribution is -1.85. The third-order valence-corrected chi connectivity index (χ3v) is 3.08. The van der Waals surface area contributed by atoms with E-state index < -0.39 is 0 Å². The average Bonchev–Trinajstić information content (AvgIpc) is 2.71. The van der Waals surface area contributed by atoms with E-state index in [1.807, 2.05) is 0 Å². The van der Waals surface area contributed by atoms with Crippen molar-refractivity contribution in [2.24, 2.45) is 0 Å². The summed E-state index contributed by atoms with van der Waals surface area (Å²) in [6, 6.07) is 2.09. The van der Waals surface area contributed by atoms with Crippen LogP contribution >= 0.6 is 23.1 Å². The number of nitrogen functional groups attached to an aromatic ring is 1. The highest BCUT2D eigenvalue weighted by molar-refractivity contribution is 7.98. The van der Waals surface area contributed by atoms with E-state index in [2.05, 4.69) is 32.0 Å². The largest absolute Gasteiger partial charge is 0.368 e. The molecule has 0 aromatic carbocycles. The fraction of sp³-hybridized carbons (Fsp3) is 0.143. The molecule has 0 fully saturated rings. The molecule has 0 amide bonds. The Morgan fingerprint density at radius 1 is 1.62 bits per heavy atom. The Morgan fingerprint density at radius 3 is 3.15 bits per heavy atom. The summed E-state index contributed by atoms with van der Waals surface area (Å²) in [5.74, 6) is 1.26. The monoisotopic (exact) mass is 212 g/mol. The first-order chi connectivity index (χ1) is 6.34. The number of nitrogens with zero attached hydrogens (tertiary/aromatic N) is 2. The molecule has 0 radical (unpaired) electrons. The topological polar surface area (TPSA) is 67.6 Å². The number of hydrogen-bond donors (Lipinski definition) is 2. The number of anilines is 1. The van der Waals surface area contributed by atoms with Crippen molar-refractivity contribution in [2.75, 3.05) is 5.73 Å². The molecule has 0 saturated carbocycles. The van der Waals surface area contributed by atoms with Crippen LogP contribution in [0.3, 0.4) is 0 Å². The third kappa shape index (κ3) is 2.22. The molecule has 0 spiro atoms. The summed E-state index contributed by atoms with van der Waals surface area (Å²) in [7, 11) is 0. The van der Waals surface area contributed by atoms with Crippen LogP contribution in [0.1, 0.15) is 5.56 Å². The highest BCUT2D eigenvalue weighted by atomic mass is 32.2. The van der Waals surface area contributed by atoms with Gasteiger partial charge in [0.1, 0.15) is 0 Å². The minimum absolute atomic E-state index is 0.368. The lowest BCUT2D eigenvalue weighted by Gasteiger charge is -1.91. The standard InChI is InChI=1S/C7H8N4S2/c8-6-9-7(11-10-6)13-4-5-1-2-12-3-5/h1-3H,4H2,(H3,8,9,10,11). The van der Waals surface area contributed by atoms with Gasteiger partial charge in [0.2, 0.25) is 11.1 Å². The van der Waals surface area contributed by atoms with Gasteiger partial charge in [0, 0.05) is 5.75 Å². The van der Waals surface area contributed by atoms with E-state index in [0.29, 0.717) is 11.1 Å². The number of H-pyrrole nitrogens is 1. The van der Waals surface area contributed by atoms with Gasteiger partial charge in [-0.3, -0.25) is 0 Å². The molecular weight excluding hydrogens is 204 g/mol. The van der Waals surface area contributed by atoms with E-state index >= 15 is 0 Å². The van der Waals surface area contributed by atoms with Crippen LogP contribution in [-0.2, 0) is 5.75 Å². The maximum Gasteiger partial charge on any atom is 0.216 e.